The zero-order valence-corrected chi connectivity index (χ0v) is 20.9. The van der Waals surface area contributed by atoms with Crippen molar-refractivity contribution in [3.8, 4) is 11.1 Å². The second kappa shape index (κ2) is 11.1. The van der Waals surface area contributed by atoms with Crippen molar-refractivity contribution >= 4 is 33.2 Å². The number of nitrogens with two attached hydrogens (primary N) is 1. The number of carbonyl (C=O) groups excluding carboxylic acids is 2. The fraction of sp³-hybridized carbons (Fsp3) is 0.478. The van der Waals surface area contributed by atoms with Crippen molar-refractivity contribution in [3.05, 3.63) is 40.3 Å². The highest BCUT2D eigenvalue weighted by Crippen LogP contribution is 2.41. The maximum absolute atomic E-state index is 13.1. The molecule has 1 amide bonds. The van der Waals surface area contributed by atoms with Gasteiger partial charge in [0.1, 0.15) is 4.21 Å². The molecule has 32 heavy (non-hydrogen) atoms. The van der Waals surface area contributed by atoms with E-state index in [1.165, 1.54) is 6.92 Å². The molecule has 0 spiro atoms. The van der Waals surface area contributed by atoms with Crippen LogP contribution >= 0.6 is 11.3 Å². The van der Waals surface area contributed by atoms with Crippen LogP contribution in [-0.4, -0.2) is 38.8 Å². The van der Waals surface area contributed by atoms with Crippen LogP contribution in [0.15, 0.2) is 28.5 Å². The lowest BCUT2D eigenvalue weighted by Crippen LogP contribution is -2.23. The molecule has 1 heterocycles. The van der Waals surface area contributed by atoms with Gasteiger partial charge >= 0.3 is 5.97 Å². The number of sulfonamides is 1. The number of rotatable bonds is 10. The number of esters is 1. The first-order chi connectivity index (χ1) is 15.0. The third-order valence-corrected chi connectivity index (χ3v) is 7.58. The topological polar surface area (TPSA) is 107 Å². The van der Waals surface area contributed by atoms with Crippen LogP contribution in [0.1, 0.15) is 61.3 Å². The summed E-state index contributed by atoms with van der Waals surface area (Å²) in [6.45, 7) is 8.09. The summed E-state index contributed by atoms with van der Waals surface area (Å²) >= 11 is 1.03. The van der Waals surface area contributed by atoms with Crippen LogP contribution in [0.2, 0.25) is 0 Å². The van der Waals surface area contributed by atoms with Crippen LogP contribution in [0.5, 0.6) is 0 Å². The van der Waals surface area contributed by atoms with Gasteiger partial charge in [-0.15, -0.1) is 11.3 Å². The largest absolute Gasteiger partial charge is 0.462 e. The van der Waals surface area contributed by atoms with Gasteiger partial charge in [0, 0.05) is 31.0 Å². The Kier molecular flexibility index (Phi) is 9.00. The first kappa shape index (κ1) is 26.0. The quantitative estimate of drug-likeness (QED) is 0.405. The Labute approximate surface area is 194 Å². The van der Waals surface area contributed by atoms with Gasteiger partial charge in [0.2, 0.25) is 15.9 Å². The molecule has 2 aromatic rings. The van der Waals surface area contributed by atoms with E-state index in [0.717, 1.165) is 29.7 Å². The standard InChI is InChI=1S/C23H32N2O5S2/c1-6-7-11-30-22(27)21-19(12-15(2)3)31-23(32(24,28)29)20(21)18-10-8-9-17(13-18)14-25(5)16(4)26/h8-10,13,15H,6-7,11-12,14H2,1-5H3,(H2,24,28,29). The monoisotopic (exact) mass is 480 g/mol. The van der Waals surface area contributed by atoms with Crippen LogP contribution in [0.3, 0.4) is 0 Å². The van der Waals surface area contributed by atoms with Crippen LogP contribution in [0, 0.1) is 5.92 Å². The molecule has 7 nitrogen and oxygen atoms in total. The number of nitrogens with zero attached hydrogens (tertiary/aromatic N) is 1. The predicted molar refractivity (Wildman–Crippen MR) is 127 cm³/mol. The third-order valence-electron chi connectivity index (χ3n) is 4.91. The lowest BCUT2D eigenvalue weighted by molar-refractivity contribution is -0.128. The Morgan fingerprint density at radius 3 is 2.50 bits per heavy atom. The highest BCUT2D eigenvalue weighted by atomic mass is 32.2. The fourth-order valence-corrected chi connectivity index (χ4v) is 5.76. The Morgan fingerprint density at radius 2 is 1.94 bits per heavy atom. The maximum atomic E-state index is 13.1. The summed E-state index contributed by atoms with van der Waals surface area (Å²) < 4.78 is 30.4. The van der Waals surface area contributed by atoms with Gasteiger partial charge in [-0.1, -0.05) is 45.4 Å². The summed E-state index contributed by atoms with van der Waals surface area (Å²) in [5, 5.41) is 5.57. The zero-order valence-electron chi connectivity index (χ0n) is 19.3. The van der Waals surface area contributed by atoms with Gasteiger partial charge in [-0.3, -0.25) is 4.79 Å². The molecule has 1 aromatic carbocycles. The van der Waals surface area contributed by atoms with Crippen LogP contribution in [0.25, 0.3) is 11.1 Å². The lowest BCUT2D eigenvalue weighted by atomic mass is 9.98. The number of hydrogen-bond donors (Lipinski definition) is 1. The van der Waals surface area contributed by atoms with Crippen molar-refractivity contribution in [2.24, 2.45) is 11.1 Å². The van der Waals surface area contributed by atoms with E-state index in [-0.39, 0.29) is 33.8 Å². The van der Waals surface area contributed by atoms with E-state index in [1.54, 1.807) is 30.1 Å². The molecule has 9 heteroatoms. The van der Waals surface area contributed by atoms with Crippen LogP contribution in [-0.2, 0) is 32.5 Å². The number of unbranched alkanes of at least 4 members (excludes halogenated alkanes) is 1. The molecular weight excluding hydrogens is 448 g/mol. The summed E-state index contributed by atoms with van der Waals surface area (Å²) in [6, 6.07) is 7.16. The lowest BCUT2D eigenvalue weighted by Gasteiger charge is -2.16. The molecule has 0 radical (unpaired) electrons. The van der Waals surface area contributed by atoms with Gasteiger partial charge in [-0.2, -0.15) is 0 Å². The number of primary sulfonamides is 1. The summed E-state index contributed by atoms with van der Waals surface area (Å²) in [5.41, 5.74) is 1.91. The molecule has 2 rings (SSSR count). The number of amides is 1. The molecule has 0 aliphatic rings. The maximum Gasteiger partial charge on any atom is 0.339 e. The minimum absolute atomic E-state index is 0.0485. The van der Waals surface area contributed by atoms with E-state index in [2.05, 4.69) is 0 Å². The van der Waals surface area contributed by atoms with Crippen molar-refractivity contribution in [2.75, 3.05) is 13.7 Å². The molecule has 0 unspecified atom stereocenters. The minimum atomic E-state index is -4.08. The third kappa shape index (κ3) is 6.63. The predicted octanol–water partition coefficient (Wildman–Crippen LogP) is 4.20. The second-order valence-electron chi connectivity index (χ2n) is 8.27. The highest BCUT2D eigenvalue weighted by molar-refractivity contribution is 7.91. The minimum Gasteiger partial charge on any atom is -0.462 e. The number of thiophene rings is 1. The average Bonchev–Trinajstić information content (AvgIpc) is 3.07. The molecule has 0 atom stereocenters. The molecule has 0 saturated carbocycles. The highest BCUT2D eigenvalue weighted by Gasteiger charge is 2.30. The van der Waals surface area contributed by atoms with Crippen molar-refractivity contribution in [1.82, 2.24) is 4.90 Å². The second-order valence-corrected chi connectivity index (χ2v) is 11.1. The van der Waals surface area contributed by atoms with E-state index in [0.29, 0.717) is 23.4 Å². The van der Waals surface area contributed by atoms with Crippen molar-refractivity contribution in [1.29, 1.82) is 0 Å². The van der Waals surface area contributed by atoms with Gasteiger partial charge in [0.25, 0.3) is 0 Å². The number of ether oxygens (including phenoxy) is 1. The van der Waals surface area contributed by atoms with E-state index in [9.17, 15) is 18.0 Å². The van der Waals surface area contributed by atoms with E-state index in [4.69, 9.17) is 9.88 Å². The van der Waals surface area contributed by atoms with Crippen molar-refractivity contribution < 1.29 is 22.7 Å². The van der Waals surface area contributed by atoms with Gasteiger partial charge in [0.05, 0.1) is 12.2 Å². The normalized spacial score (nSPS) is 11.6. The summed E-state index contributed by atoms with van der Waals surface area (Å²) in [7, 11) is -2.39. The molecule has 176 valence electrons. The van der Waals surface area contributed by atoms with Gasteiger partial charge < -0.3 is 9.64 Å². The average molecular weight is 481 g/mol. The van der Waals surface area contributed by atoms with Crippen molar-refractivity contribution in [2.45, 2.75) is 57.7 Å². The smallest absolute Gasteiger partial charge is 0.339 e. The van der Waals surface area contributed by atoms with Crippen LogP contribution < -0.4 is 5.14 Å². The van der Waals surface area contributed by atoms with E-state index in [1.807, 2.05) is 26.8 Å². The van der Waals surface area contributed by atoms with Gasteiger partial charge in [0.15, 0.2) is 0 Å². The molecule has 0 bridgehead atoms. The first-order valence-electron chi connectivity index (χ1n) is 10.6. The summed E-state index contributed by atoms with van der Waals surface area (Å²) in [4.78, 5) is 26.9. The number of carbonyl (C=O) groups is 2. The molecule has 0 aliphatic carbocycles. The molecule has 0 saturated heterocycles. The van der Waals surface area contributed by atoms with Gasteiger partial charge in [-0.25, -0.2) is 18.4 Å². The Morgan fingerprint density at radius 1 is 1.25 bits per heavy atom. The summed E-state index contributed by atoms with van der Waals surface area (Å²) in [5.74, 6) is -0.426. The Bertz CT molecular complexity index is 1070. The van der Waals surface area contributed by atoms with Crippen LogP contribution in [0.4, 0.5) is 0 Å². The Balaban J connectivity index is 2.69. The first-order valence-corrected chi connectivity index (χ1v) is 13.0. The van der Waals surface area contributed by atoms with E-state index < -0.39 is 16.0 Å². The zero-order chi connectivity index (χ0) is 24.1. The molecule has 0 aliphatic heterocycles. The number of hydrogen-bond acceptors (Lipinski definition) is 6. The molecule has 0 fully saturated rings. The fourth-order valence-electron chi connectivity index (χ4n) is 3.24. The Hall–Kier alpha value is -2.23. The molecular formula is C23H32N2O5S2. The molecule has 2 N–H and O–H groups in total. The van der Waals surface area contributed by atoms with Crippen molar-refractivity contribution in [3.63, 3.8) is 0 Å². The number of benzene rings is 1. The SMILES string of the molecule is CCCCOC(=O)c1c(CC(C)C)sc(S(N)(=O)=O)c1-c1cccc(CN(C)C(C)=O)c1. The van der Waals surface area contributed by atoms with E-state index >= 15 is 0 Å². The molecule has 1 aromatic heterocycles. The van der Waals surface area contributed by atoms with Gasteiger partial charge in [-0.05, 0) is 36.0 Å². The summed E-state index contributed by atoms with van der Waals surface area (Å²) in [6.07, 6.45) is 2.12.